The van der Waals surface area contributed by atoms with Crippen molar-refractivity contribution in [1.29, 1.82) is 0 Å². The summed E-state index contributed by atoms with van der Waals surface area (Å²) in [5, 5.41) is 0.361. The molecular formula is C27H25NO6. The van der Waals surface area contributed by atoms with E-state index in [2.05, 4.69) is 0 Å². The third kappa shape index (κ3) is 4.32. The molecule has 4 aromatic rings. The van der Waals surface area contributed by atoms with Gasteiger partial charge in [0.25, 0.3) is 0 Å². The van der Waals surface area contributed by atoms with Gasteiger partial charge in [0.05, 0.1) is 44.9 Å². The predicted molar refractivity (Wildman–Crippen MR) is 130 cm³/mol. The van der Waals surface area contributed by atoms with Crippen LogP contribution in [0.3, 0.4) is 0 Å². The summed E-state index contributed by atoms with van der Waals surface area (Å²) >= 11 is 0. The van der Waals surface area contributed by atoms with Crippen molar-refractivity contribution in [3.63, 3.8) is 0 Å². The average molecular weight is 459 g/mol. The Kier molecular flexibility index (Phi) is 6.54. The lowest BCUT2D eigenvalue weighted by molar-refractivity contribution is 0.103. The number of fused-ring (bicyclic) bond motifs is 1. The molecule has 0 saturated heterocycles. The van der Waals surface area contributed by atoms with Crippen molar-refractivity contribution in [2.45, 2.75) is 6.54 Å². The molecule has 0 aliphatic rings. The highest BCUT2D eigenvalue weighted by molar-refractivity contribution is 6.10. The van der Waals surface area contributed by atoms with Crippen molar-refractivity contribution < 1.29 is 23.7 Å². The van der Waals surface area contributed by atoms with Crippen molar-refractivity contribution in [3.05, 3.63) is 93.8 Å². The van der Waals surface area contributed by atoms with Crippen LogP contribution in [0.15, 0.2) is 71.7 Å². The molecule has 0 atom stereocenters. The molecule has 1 aromatic heterocycles. The highest BCUT2D eigenvalue weighted by Gasteiger charge is 2.20. The third-order valence-corrected chi connectivity index (χ3v) is 5.67. The fourth-order valence-electron chi connectivity index (χ4n) is 3.87. The Morgan fingerprint density at radius 2 is 1.47 bits per heavy atom. The summed E-state index contributed by atoms with van der Waals surface area (Å²) in [4.78, 5) is 26.8. The number of aromatic nitrogens is 1. The fraction of sp³-hybridized carbons (Fsp3) is 0.185. The van der Waals surface area contributed by atoms with Crippen LogP contribution in [0, 0.1) is 0 Å². The lowest BCUT2D eigenvalue weighted by Crippen LogP contribution is -2.20. The van der Waals surface area contributed by atoms with Crippen LogP contribution >= 0.6 is 0 Å². The summed E-state index contributed by atoms with van der Waals surface area (Å²) in [6.07, 6.45) is 1.60. The summed E-state index contributed by atoms with van der Waals surface area (Å²) in [7, 11) is 6.20. The lowest BCUT2D eigenvalue weighted by atomic mass is 10.0. The van der Waals surface area contributed by atoms with Crippen LogP contribution in [-0.2, 0) is 6.54 Å². The van der Waals surface area contributed by atoms with E-state index in [4.69, 9.17) is 18.9 Å². The number of ketones is 1. The number of ether oxygens (including phenoxy) is 4. The van der Waals surface area contributed by atoms with Gasteiger partial charge in [0, 0.05) is 24.4 Å². The van der Waals surface area contributed by atoms with Gasteiger partial charge >= 0.3 is 0 Å². The zero-order valence-corrected chi connectivity index (χ0v) is 19.5. The minimum Gasteiger partial charge on any atom is -0.497 e. The summed E-state index contributed by atoms with van der Waals surface area (Å²) in [5.74, 6) is 1.87. The van der Waals surface area contributed by atoms with Gasteiger partial charge in [-0.25, -0.2) is 0 Å². The topological polar surface area (TPSA) is 76.0 Å². The zero-order valence-electron chi connectivity index (χ0n) is 19.5. The molecular weight excluding hydrogens is 434 g/mol. The molecule has 4 rings (SSSR count). The summed E-state index contributed by atoms with van der Waals surface area (Å²) in [5.41, 5.74) is 1.65. The SMILES string of the molecule is COc1ccc(C(=O)c2cn(Cc3cccc(OC)c3)c3cc(OC)c(OC)cc3c2=O)cc1. The van der Waals surface area contributed by atoms with Gasteiger partial charge in [0.1, 0.15) is 11.5 Å². The van der Waals surface area contributed by atoms with Crippen molar-refractivity contribution in [2.24, 2.45) is 0 Å². The largest absolute Gasteiger partial charge is 0.497 e. The summed E-state index contributed by atoms with van der Waals surface area (Å²) in [6, 6.07) is 17.7. The molecule has 0 fully saturated rings. The van der Waals surface area contributed by atoms with Crippen LogP contribution in [0.5, 0.6) is 23.0 Å². The second-order valence-electron chi connectivity index (χ2n) is 7.63. The molecule has 3 aromatic carbocycles. The molecule has 0 spiro atoms. The van der Waals surface area contributed by atoms with Gasteiger partial charge in [-0.1, -0.05) is 12.1 Å². The molecule has 1 heterocycles. The minimum atomic E-state index is -0.376. The standard InChI is InChI=1S/C27H25NO6/c1-31-19-10-8-18(9-11-19)26(29)22-16-28(15-17-6-5-7-20(12-17)32-2)23-14-25(34-4)24(33-3)13-21(23)27(22)30/h5-14,16H,15H2,1-4H3. The Bertz CT molecular complexity index is 1410. The van der Waals surface area contributed by atoms with Gasteiger partial charge in [-0.3, -0.25) is 9.59 Å². The van der Waals surface area contributed by atoms with Crippen LogP contribution in [0.2, 0.25) is 0 Å². The van der Waals surface area contributed by atoms with E-state index in [1.807, 2.05) is 28.8 Å². The molecule has 0 amide bonds. The predicted octanol–water partition coefficient (Wildman–Crippen LogP) is 4.32. The van der Waals surface area contributed by atoms with E-state index < -0.39 is 0 Å². The van der Waals surface area contributed by atoms with Crippen LogP contribution in [-0.4, -0.2) is 38.8 Å². The Balaban J connectivity index is 1.92. The van der Waals surface area contributed by atoms with Crippen molar-refractivity contribution in [2.75, 3.05) is 28.4 Å². The first-order valence-corrected chi connectivity index (χ1v) is 10.6. The van der Waals surface area contributed by atoms with Gasteiger partial charge in [-0.15, -0.1) is 0 Å². The van der Waals surface area contributed by atoms with Gasteiger partial charge in [-0.05, 0) is 48.0 Å². The number of carbonyl (C=O) groups excluding carboxylic acids is 1. The number of carbonyl (C=O) groups is 1. The van der Waals surface area contributed by atoms with Gasteiger partial charge < -0.3 is 23.5 Å². The van der Waals surface area contributed by atoms with E-state index in [0.29, 0.717) is 40.3 Å². The number of methoxy groups -OCH3 is 4. The molecule has 0 aliphatic heterocycles. The number of pyridine rings is 1. The van der Waals surface area contributed by atoms with Crippen molar-refractivity contribution >= 4 is 16.7 Å². The number of benzene rings is 3. The average Bonchev–Trinajstić information content (AvgIpc) is 2.89. The second kappa shape index (κ2) is 9.70. The maximum absolute atomic E-state index is 13.5. The molecule has 0 aliphatic carbocycles. The monoisotopic (exact) mass is 459 g/mol. The van der Waals surface area contributed by atoms with Gasteiger partial charge in [0.15, 0.2) is 17.3 Å². The Morgan fingerprint density at radius 1 is 0.794 bits per heavy atom. The highest BCUT2D eigenvalue weighted by Crippen LogP contribution is 2.32. The first kappa shape index (κ1) is 22.9. The fourth-order valence-corrected chi connectivity index (χ4v) is 3.87. The Morgan fingerprint density at radius 3 is 2.12 bits per heavy atom. The number of nitrogens with zero attached hydrogens (tertiary/aromatic N) is 1. The molecule has 7 heteroatoms. The Labute approximate surface area is 197 Å². The number of hydrogen-bond donors (Lipinski definition) is 0. The molecule has 0 radical (unpaired) electrons. The molecule has 7 nitrogen and oxygen atoms in total. The van der Waals surface area contributed by atoms with E-state index >= 15 is 0 Å². The van der Waals surface area contributed by atoms with Crippen LogP contribution < -0.4 is 24.4 Å². The van der Waals surface area contributed by atoms with Crippen LogP contribution in [0.4, 0.5) is 0 Å². The molecule has 0 unspecified atom stereocenters. The third-order valence-electron chi connectivity index (χ3n) is 5.67. The smallest absolute Gasteiger partial charge is 0.200 e. The van der Waals surface area contributed by atoms with Crippen LogP contribution in [0.1, 0.15) is 21.5 Å². The minimum absolute atomic E-state index is 0.0628. The Hall–Kier alpha value is -4.26. The summed E-state index contributed by atoms with van der Waals surface area (Å²) < 4.78 is 23.2. The first-order chi connectivity index (χ1) is 16.5. The van der Waals surface area contributed by atoms with Crippen molar-refractivity contribution in [3.8, 4) is 23.0 Å². The maximum atomic E-state index is 13.5. The van der Waals surface area contributed by atoms with E-state index in [1.54, 1.807) is 56.8 Å². The molecule has 0 bridgehead atoms. The quantitative estimate of drug-likeness (QED) is 0.366. The first-order valence-electron chi connectivity index (χ1n) is 10.6. The highest BCUT2D eigenvalue weighted by atomic mass is 16.5. The second-order valence-corrected chi connectivity index (χ2v) is 7.63. The van der Waals surface area contributed by atoms with E-state index in [0.717, 1.165) is 11.3 Å². The van der Waals surface area contributed by atoms with E-state index in [9.17, 15) is 9.59 Å². The normalized spacial score (nSPS) is 10.7. The van der Waals surface area contributed by atoms with Crippen LogP contribution in [0.25, 0.3) is 10.9 Å². The van der Waals surface area contributed by atoms with Gasteiger partial charge in [0.2, 0.25) is 5.43 Å². The summed E-state index contributed by atoms with van der Waals surface area (Å²) in [6.45, 7) is 0.409. The molecule has 174 valence electrons. The lowest BCUT2D eigenvalue weighted by Gasteiger charge is -2.16. The molecule has 0 N–H and O–H groups in total. The molecule has 0 saturated carbocycles. The van der Waals surface area contributed by atoms with E-state index in [1.165, 1.54) is 14.2 Å². The number of hydrogen-bond acceptors (Lipinski definition) is 6. The van der Waals surface area contributed by atoms with E-state index in [-0.39, 0.29) is 16.8 Å². The zero-order chi connectivity index (χ0) is 24.2. The van der Waals surface area contributed by atoms with Gasteiger partial charge in [-0.2, -0.15) is 0 Å². The number of rotatable bonds is 8. The van der Waals surface area contributed by atoms with Crippen molar-refractivity contribution in [1.82, 2.24) is 4.57 Å². The molecule has 34 heavy (non-hydrogen) atoms. The maximum Gasteiger partial charge on any atom is 0.200 e.